The normalized spacial score (nSPS) is 13.3. The summed E-state index contributed by atoms with van der Waals surface area (Å²) in [5, 5.41) is 4.35. The van der Waals surface area contributed by atoms with Crippen molar-refractivity contribution in [1.29, 1.82) is 0 Å². The molecule has 0 radical (unpaired) electrons. The van der Waals surface area contributed by atoms with Crippen molar-refractivity contribution in [2.24, 2.45) is 7.05 Å². The van der Waals surface area contributed by atoms with Crippen LogP contribution < -0.4 is 4.72 Å². The zero-order valence-electron chi connectivity index (χ0n) is 16.7. The molecule has 0 aliphatic heterocycles. The summed E-state index contributed by atoms with van der Waals surface area (Å²) in [6.45, 7) is 3.00. The Hall–Kier alpha value is -1.95. The van der Waals surface area contributed by atoms with Crippen LogP contribution in [0.15, 0.2) is 30.3 Å². The molecule has 0 bridgehead atoms. The molecule has 1 aromatic carbocycles. The highest BCUT2D eigenvalue weighted by Crippen LogP contribution is 2.29. The summed E-state index contributed by atoms with van der Waals surface area (Å²) in [5.74, 6) is -1.94. The number of benzene rings is 1. The summed E-state index contributed by atoms with van der Waals surface area (Å²) >= 11 is 0. The van der Waals surface area contributed by atoms with Crippen molar-refractivity contribution >= 4 is 10.0 Å². The van der Waals surface area contributed by atoms with E-state index in [2.05, 4.69) is 9.82 Å². The van der Waals surface area contributed by atoms with E-state index in [1.165, 1.54) is 28.1 Å². The Balaban J connectivity index is 2.36. The number of hydrogen-bond donors (Lipinski definition) is 1. The van der Waals surface area contributed by atoms with Crippen LogP contribution >= 0.6 is 0 Å². The molecule has 0 saturated carbocycles. The molecule has 162 valence electrons. The lowest BCUT2D eigenvalue weighted by atomic mass is 9.93. The van der Waals surface area contributed by atoms with Gasteiger partial charge >= 0.3 is 6.18 Å². The second-order valence-electron chi connectivity index (χ2n) is 7.06. The van der Waals surface area contributed by atoms with Crippen LogP contribution in [-0.4, -0.2) is 44.3 Å². The van der Waals surface area contributed by atoms with Gasteiger partial charge in [-0.2, -0.15) is 18.3 Å². The van der Waals surface area contributed by atoms with E-state index in [1.807, 2.05) is 0 Å². The maximum atomic E-state index is 12.5. The highest BCUT2D eigenvalue weighted by Gasteiger charge is 2.38. The quantitative estimate of drug-likeness (QED) is 0.645. The van der Waals surface area contributed by atoms with E-state index >= 15 is 0 Å². The molecular formula is C18H24F3N3O4S. The van der Waals surface area contributed by atoms with Crippen LogP contribution in [0.2, 0.25) is 0 Å². The SMILES string of the molecule is COC(OC)c1cc(-c2cccc(C(C)(C)NS(=O)(=O)CC(F)(F)F)c2)n(C)n1. The van der Waals surface area contributed by atoms with Crippen molar-refractivity contribution < 1.29 is 31.1 Å². The summed E-state index contributed by atoms with van der Waals surface area (Å²) in [7, 11) is 0.127. The van der Waals surface area contributed by atoms with Crippen molar-refractivity contribution in [2.75, 3.05) is 20.0 Å². The molecule has 7 nitrogen and oxygen atoms in total. The number of hydrogen-bond acceptors (Lipinski definition) is 5. The third kappa shape index (κ3) is 6.01. The third-order valence-electron chi connectivity index (χ3n) is 4.21. The van der Waals surface area contributed by atoms with Gasteiger partial charge in [0, 0.05) is 26.8 Å². The highest BCUT2D eigenvalue weighted by molar-refractivity contribution is 7.89. The number of rotatable bonds is 8. The fourth-order valence-electron chi connectivity index (χ4n) is 2.98. The Kier molecular flexibility index (Phi) is 6.78. The number of halogens is 3. The Morgan fingerprint density at radius 1 is 1.17 bits per heavy atom. The molecule has 0 atom stereocenters. The number of alkyl halides is 3. The number of aryl methyl sites for hydroxylation is 1. The number of sulfonamides is 1. The number of ether oxygens (including phenoxy) is 2. The highest BCUT2D eigenvalue weighted by atomic mass is 32.2. The van der Waals surface area contributed by atoms with Gasteiger partial charge in [-0.25, -0.2) is 13.1 Å². The van der Waals surface area contributed by atoms with E-state index < -0.39 is 33.8 Å². The van der Waals surface area contributed by atoms with Crippen LogP contribution in [0.1, 0.15) is 31.4 Å². The molecule has 0 aliphatic rings. The standard InChI is InChI=1S/C18H24F3N3O4S/c1-17(2,23-29(25,26)11-18(19,20)21)13-8-6-7-12(9-13)15-10-14(22-24(15)3)16(27-4)28-5/h6-10,16,23H,11H2,1-5H3. The number of nitrogens with zero attached hydrogens (tertiary/aromatic N) is 2. The van der Waals surface area contributed by atoms with Crippen molar-refractivity contribution in [3.05, 3.63) is 41.6 Å². The molecular weight excluding hydrogens is 411 g/mol. The van der Waals surface area contributed by atoms with Crippen LogP contribution in [0.25, 0.3) is 11.3 Å². The summed E-state index contributed by atoms with van der Waals surface area (Å²) in [6.07, 6.45) is -5.47. The van der Waals surface area contributed by atoms with E-state index in [4.69, 9.17) is 9.47 Å². The predicted octanol–water partition coefficient (Wildman–Crippen LogP) is 3.10. The molecule has 0 saturated heterocycles. The first-order valence-corrected chi connectivity index (χ1v) is 10.2. The van der Waals surface area contributed by atoms with E-state index in [0.717, 1.165) is 0 Å². The minimum absolute atomic E-state index is 0.499. The fourth-order valence-corrected chi connectivity index (χ4v) is 4.38. The van der Waals surface area contributed by atoms with Gasteiger partial charge in [-0.15, -0.1) is 0 Å². The van der Waals surface area contributed by atoms with Gasteiger partial charge < -0.3 is 9.47 Å². The van der Waals surface area contributed by atoms with Gasteiger partial charge in [-0.1, -0.05) is 18.2 Å². The van der Waals surface area contributed by atoms with Gasteiger partial charge in [0.15, 0.2) is 5.75 Å². The Morgan fingerprint density at radius 3 is 2.34 bits per heavy atom. The molecule has 0 spiro atoms. The molecule has 11 heteroatoms. The Bertz CT molecular complexity index is 952. The molecule has 2 aromatic rings. The molecule has 2 rings (SSSR count). The van der Waals surface area contributed by atoms with Crippen LogP contribution in [0.4, 0.5) is 13.2 Å². The van der Waals surface area contributed by atoms with Crippen molar-refractivity contribution in [3.63, 3.8) is 0 Å². The molecule has 1 aromatic heterocycles. The molecule has 0 aliphatic carbocycles. The van der Waals surface area contributed by atoms with Gasteiger partial charge in [-0.3, -0.25) is 4.68 Å². The Labute approximate surface area is 167 Å². The smallest absolute Gasteiger partial charge is 0.350 e. The second kappa shape index (κ2) is 8.42. The number of aromatic nitrogens is 2. The lowest BCUT2D eigenvalue weighted by molar-refractivity contribution is -0.108. The zero-order chi connectivity index (χ0) is 22.0. The minimum Gasteiger partial charge on any atom is -0.350 e. The zero-order valence-corrected chi connectivity index (χ0v) is 17.6. The predicted molar refractivity (Wildman–Crippen MR) is 101 cm³/mol. The molecule has 0 amide bonds. The largest absolute Gasteiger partial charge is 0.404 e. The number of methoxy groups -OCH3 is 2. The lowest BCUT2D eigenvalue weighted by Gasteiger charge is -2.27. The van der Waals surface area contributed by atoms with Crippen molar-refractivity contribution in [1.82, 2.24) is 14.5 Å². The molecule has 1 N–H and O–H groups in total. The third-order valence-corrected chi connectivity index (χ3v) is 5.74. The summed E-state index contributed by atoms with van der Waals surface area (Å²) in [5.41, 5.74) is 1.19. The summed E-state index contributed by atoms with van der Waals surface area (Å²) in [4.78, 5) is 0. The second-order valence-corrected chi connectivity index (χ2v) is 8.79. The van der Waals surface area contributed by atoms with E-state index in [-0.39, 0.29) is 0 Å². The van der Waals surface area contributed by atoms with Crippen molar-refractivity contribution in [2.45, 2.75) is 31.9 Å². The monoisotopic (exact) mass is 435 g/mol. The molecule has 1 heterocycles. The summed E-state index contributed by atoms with van der Waals surface area (Å²) in [6, 6.07) is 8.59. The molecule has 0 unspecified atom stereocenters. The van der Waals surface area contributed by atoms with Gasteiger partial charge in [0.2, 0.25) is 16.3 Å². The van der Waals surface area contributed by atoms with Crippen LogP contribution in [-0.2, 0) is 32.1 Å². The van der Waals surface area contributed by atoms with Crippen LogP contribution in [0, 0.1) is 0 Å². The maximum Gasteiger partial charge on any atom is 0.404 e. The first-order chi connectivity index (χ1) is 13.3. The fraction of sp³-hybridized carbons (Fsp3) is 0.500. The lowest BCUT2D eigenvalue weighted by Crippen LogP contribution is -2.44. The topological polar surface area (TPSA) is 82.5 Å². The van der Waals surface area contributed by atoms with Crippen molar-refractivity contribution in [3.8, 4) is 11.3 Å². The maximum absolute atomic E-state index is 12.5. The van der Waals surface area contributed by atoms with Gasteiger partial charge in [0.25, 0.3) is 0 Å². The van der Waals surface area contributed by atoms with Crippen LogP contribution in [0.3, 0.4) is 0 Å². The van der Waals surface area contributed by atoms with Gasteiger partial charge in [-0.05, 0) is 31.5 Å². The van der Waals surface area contributed by atoms with E-state index in [1.54, 1.807) is 42.1 Å². The first-order valence-electron chi connectivity index (χ1n) is 8.57. The van der Waals surface area contributed by atoms with Crippen LogP contribution in [0.5, 0.6) is 0 Å². The average Bonchev–Trinajstić information content (AvgIpc) is 2.94. The number of nitrogens with one attached hydrogen (secondary N) is 1. The minimum atomic E-state index is -4.83. The molecule has 29 heavy (non-hydrogen) atoms. The average molecular weight is 435 g/mol. The summed E-state index contributed by atoms with van der Waals surface area (Å²) < 4.78 is 75.6. The first kappa shape index (κ1) is 23.3. The van der Waals surface area contributed by atoms with Gasteiger partial charge in [0.05, 0.1) is 11.2 Å². The van der Waals surface area contributed by atoms with E-state index in [9.17, 15) is 21.6 Å². The Morgan fingerprint density at radius 2 is 1.79 bits per heavy atom. The van der Waals surface area contributed by atoms with Gasteiger partial charge in [0.1, 0.15) is 5.69 Å². The van der Waals surface area contributed by atoms with E-state index in [0.29, 0.717) is 22.5 Å². The molecule has 0 fully saturated rings.